The van der Waals surface area contributed by atoms with Gasteiger partial charge in [0.15, 0.2) is 6.61 Å². The fourth-order valence-electron chi connectivity index (χ4n) is 1.46. The summed E-state index contributed by atoms with van der Waals surface area (Å²) in [5, 5.41) is 1.60. The highest BCUT2D eigenvalue weighted by molar-refractivity contribution is 5.80. The van der Waals surface area contributed by atoms with E-state index in [1.54, 1.807) is 29.6 Å². The van der Waals surface area contributed by atoms with Gasteiger partial charge in [-0.2, -0.15) is 13.2 Å². The molecule has 0 unspecified atom stereocenters. The van der Waals surface area contributed by atoms with Crippen molar-refractivity contribution in [3.05, 3.63) is 29.8 Å². The van der Waals surface area contributed by atoms with Crippen LogP contribution in [0.25, 0.3) is 0 Å². The van der Waals surface area contributed by atoms with E-state index in [1.165, 1.54) is 0 Å². The Labute approximate surface area is 119 Å². The standard InChI is InChI=1S/C13H15F3N2O3/c14-13(15,16)8-18-11(19)7-21-12(20)5-4-9-2-1-3-10(17)6-9/h1-3,6H,4-5,7-8,17H2,(H,18,19). The molecule has 0 heterocycles. The number of nitrogens with two attached hydrogens (primary N) is 1. The van der Waals surface area contributed by atoms with Gasteiger partial charge in [0, 0.05) is 12.1 Å². The minimum absolute atomic E-state index is 0.00992. The van der Waals surface area contributed by atoms with Gasteiger partial charge < -0.3 is 15.8 Å². The Hall–Kier alpha value is -2.25. The van der Waals surface area contributed by atoms with E-state index in [0.717, 1.165) is 5.56 Å². The Morgan fingerprint density at radius 3 is 2.62 bits per heavy atom. The first-order valence-corrected chi connectivity index (χ1v) is 6.10. The van der Waals surface area contributed by atoms with Crippen LogP contribution in [0.1, 0.15) is 12.0 Å². The molecule has 0 atom stereocenters. The van der Waals surface area contributed by atoms with Gasteiger partial charge in [0.05, 0.1) is 0 Å². The second-order valence-corrected chi connectivity index (χ2v) is 4.30. The van der Waals surface area contributed by atoms with Crippen molar-refractivity contribution in [3.63, 3.8) is 0 Å². The van der Waals surface area contributed by atoms with Gasteiger partial charge >= 0.3 is 12.1 Å². The van der Waals surface area contributed by atoms with Crippen LogP contribution < -0.4 is 11.1 Å². The normalized spacial score (nSPS) is 11.0. The topological polar surface area (TPSA) is 81.4 Å². The van der Waals surface area contributed by atoms with E-state index in [1.807, 2.05) is 0 Å². The van der Waals surface area contributed by atoms with E-state index in [0.29, 0.717) is 12.1 Å². The van der Waals surface area contributed by atoms with Crippen molar-refractivity contribution in [3.8, 4) is 0 Å². The summed E-state index contributed by atoms with van der Waals surface area (Å²) in [6.07, 6.45) is -4.11. The van der Waals surface area contributed by atoms with E-state index in [2.05, 4.69) is 4.74 Å². The molecule has 0 aliphatic heterocycles. The lowest BCUT2D eigenvalue weighted by atomic mass is 10.1. The summed E-state index contributed by atoms with van der Waals surface area (Å²) in [4.78, 5) is 22.4. The molecular formula is C13H15F3N2O3. The molecule has 21 heavy (non-hydrogen) atoms. The summed E-state index contributed by atoms with van der Waals surface area (Å²) >= 11 is 0. The lowest BCUT2D eigenvalue weighted by molar-refractivity contribution is -0.151. The zero-order chi connectivity index (χ0) is 15.9. The Bertz CT molecular complexity index is 504. The average molecular weight is 304 g/mol. The fraction of sp³-hybridized carbons (Fsp3) is 0.385. The lowest BCUT2D eigenvalue weighted by Crippen LogP contribution is -2.36. The molecule has 3 N–H and O–H groups in total. The molecule has 8 heteroatoms. The highest BCUT2D eigenvalue weighted by atomic mass is 19.4. The number of esters is 1. The molecule has 0 aliphatic carbocycles. The molecule has 0 fully saturated rings. The van der Waals surface area contributed by atoms with Crippen LogP contribution in [0, 0.1) is 0 Å². The number of ether oxygens (including phenoxy) is 1. The first-order valence-electron chi connectivity index (χ1n) is 6.10. The number of nitrogen functional groups attached to an aromatic ring is 1. The van der Waals surface area contributed by atoms with Crippen LogP contribution in [0.4, 0.5) is 18.9 Å². The average Bonchev–Trinajstić information content (AvgIpc) is 2.40. The molecule has 1 aromatic rings. The van der Waals surface area contributed by atoms with Crippen molar-refractivity contribution in [1.82, 2.24) is 5.32 Å². The minimum atomic E-state index is -4.49. The Morgan fingerprint density at radius 1 is 1.29 bits per heavy atom. The Balaban J connectivity index is 2.23. The molecule has 5 nitrogen and oxygen atoms in total. The molecule has 0 aromatic heterocycles. The monoisotopic (exact) mass is 304 g/mol. The quantitative estimate of drug-likeness (QED) is 0.615. The number of hydrogen-bond donors (Lipinski definition) is 2. The van der Waals surface area contributed by atoms with Gasteiger partial charge in [-0.05, 0) is 24.1 Å². The molecule has 0 spiro atoms. The van der Waals surface area contributed by atoms with Crippen molar-refractivity contribution in [2.24, 2.45) is 0 Å². The van der Waals surface area contributed by atoms with Crippen LogP contribution >= 0.6 is 0 Å². The second-order valence-electron chi connectivity index (χ2n) is 4.30. The number of halogens is 3. The first kappa shape index (κ1) is 16.8. The SMILES string of the molecule is Nc1cccc(CCC(=O)OCC(=O)NCC(F)(F)F)c1. The van der Waals surface area contributed by atoms with Crippen molar-refractivity contribution < 1.29 is 27.5 Å². The summed E-state index contributed by atoms with van der Waals surface area (Å²) in [6.45, 7) is -2.18. The number of hydrogen-bond acceptors (Lipinski definition) is 4. The maximum Gasteiger partial charge on any atom is 0.405 e. The molecule has 0 aliphatic rings. The van der Waals surface area contributed by atoms with Crippen molar-refractivity contribution in [2.75, 3.05) is 18.9 Å². The highest BCUT2D eigenvalue weighted by Gasteiger charge is 2.27. The van der Waals surface area contributed by atoms with Gasteiger partial charge in [-0.1, -0.05) is 12.1 Å². The number of rotatable bonds is 6. The van der Waals surface area contributed by atoms with E-state index in [-0.39, 0.29) is 6.42 Å². The van der Waals surface area contributed by atoms with E-state index < -0.39 is 31.2 Å². The fourth-order valence-corrected chi connectivity index (χ4v) is 1.46. The van der Waals surface area contributed by atoms with Crippen LogP contribution in [0.15, 0.2) is 24.3 Å². The van der Waals surface area contributed by atoms with Crippen LogP contribution in [-0.4, -0.2) is 31.2 Å². The number of alkyl halides is 3. The third-order valence-electron chi connectivity index (χ3n) is 2.42. The molecular weight excluding hydrogens is 289 g/mol. The number of benzene rings is 1. The largest absolute Gasteiger partial charge is 0.456 e. The highest BCUT2D eigenvalue weighted by Crippen LogP contribution is 2.12. The second kappa shape index (κ2) is 7.51. The predicted molar refractivity (Wildman–Crippen MR) is 69.2 cm³/mol. The van der Waals surface area contributed by atoms with Gasteiger partial charge in [-0.3, -0.25) is 9.59 Å². The van der Waals surface area contributed by atoms with Gasteiger partial charge in [0.1, 0.15) is 6.54 Å². The van der Waals surface area contributed by atoms with Gasteiger partial charge in [-0.15, -0.1) is 0 Å². The maximum absolute atomic E-state index is 11.8. The molecule has 0 radical (unpaired) electrons. The molecule has 0 saturated carbocycles. The third kappa shape index (κ3) is 7.81. The number of carbonyl (C=O) groups is 2. The number of carbonyl (C=O) groups excluding carboxylic acids is 2. The number of anilines is 1. The van der Waals surface area contributed by atoms with Gasteiger partial charge in [0.25, 0.3) is 5.91 Å². The lowest BCUT2D eigenvalue weighted by Gasteiger charge is -2.08. The molecule has 1 amide bonds. The molecule has 0 bridgehead atoms. The summed E-state index contributed by atoms with van der Waals surface area (Å²) in [7, 11) is 0. The Morgan fingerprint density at radius 2 is 2.00 bits per heavy atom. The molecule has 116 valence electrons. The first-order chi connectivity index (χ1) is 9.76. The third-order valence-corrected chi connectivity index (χ3v) is 2.42. The van der Waals surface area contributed by atoms with E-state index in [4.69, 9.17) is 5.73 Å². The predicted octanol–water partition coefficient (Wildman–Crippen LogP) is 1.42. The number of nitrogens with one attached hydrogen (secondary N) is 1. The number of aryl methyl sites for hydroxylation is 1. The molecule has 0 saturated heterocycles. The van der Waals surface area contributed by atoms with Gasteiger partial charge in [-0.25, -0.2) is 0 Å². The molecule has 1 rings (SSSR count). The number of amides is 1. The summed E-state index contributed by atoms with van der Waals surface area (Å²) < 4.78 is 40.0. The van der Waals surface area contributed by atoms with Crippen LogP contribution in [0.2, 0.25) is 0 Å². The van der Waals surface area contributed by atoms with Crippen LogP contribution in [0.5, 0.6) is 0 Å². The zero-order valence-electron chi connectivity index (χ0n) is 11.1. The van der Waals surface area contributed by atoms with Crippen molar-refractivity contribution >= 4 is 17.6 Å². The maximum atomic E-state index is 11.8. The van der Waals surface area contributed by atoms with Crippen LogP contribution in [0.3, 0.4) is 0 Å². The van der Waals surface area contributed by atoms with Gasteiger partial charge in [0.2, 0.25) is 0 Å². The minimum Gasteiger partial charge on any atom is -0.456 e. The smallest absolute Gasteiger partial charge is 0.405 e. The van der Waals surface area contributed by atoms with Crippen molar-refractivity contribution in [2.45, 2.75) is 19.0 Å². The zero-order valence-corrected chi connectivity index (χ0v) is 11.1. The Kier molecular flexibility index (Phi) is 6.01. The summed E-state index contributed by atoms with van der Waals surface area (Å²) in [5.74, 6) is -1.66. The molecule has 1 aromatic carbocycles. The van der Waals surface area contributed by atoms with Crippen molar-refractivity contribution in [1.29, 1.82) is 0 Å². The van der Waals surface area contributed by atoms with E-state index >= 15 is 0 Å². The summed E-state index contributed by atoms with van der Waals surface area (Å²) in [6, 6.07) is 6.91. The van der Waals surface area contributed by atoms with Crippen LogP contribution in [-0.2, 0) is 20.7 Å². The van der Waals surface area contributed by atoms with E-state index in [9.17, 15) is 22.8 Å². The summed E-state index contributed by atoms with van der Waals surface area (Å²) in [5.41, 5.74) is 6.96.